The molecule has 156 valence electrons. The second kappa shape index (κ2) is 9.81. The summed E-state index contributed by atoms with van der Waals surface area (Å²) >= 11 is 6.22. The number of halogens is 1. The van der Waals surface area contributed by atoms with Crippen molar-refractivity contribution in [2.45, 2.75) is 19.9 Å². The van der Waals surface area contributed by atoms with Crippen molar-refractivity contribution in [2.75, 3.05) is 77.9 Å². The molecule has 2 fully saturated rings. The lowest BCUT2D eigenvalue weighted by Crippen LogP contribution is -2.54. The van der Waals surface area contributed by atoms with E-state index in [-0.39, 0.29) is 0 Å². The van der Waals surface area contributed by atoms with Gasteiger partial charge in [-0.1, -0.05) is 17.7 Å². The highest BCUT2D eigenvalue weighted by Crippen LogP contribution is 2.25. The number of rotatable bonds is 4. The fourth-order valence-electron chi connectivity index (χ4n) is 4.00. The van der Waals surface area contributed by atoms with E-state index in [0.717, 1.165) is 69.9 Å². The second-order valence-corrected chi connectivity index (χ2v) is 8.43. The molecule has 1 unspecified atom stereocenters. The van der Waals surface area contributed by atoms with Gasteiger partial charge >= 0.3 is 0 Å². The van der Waals surface area contributed by atoms with E-state index in [1.165, 1.54) is 11.3 Å². The molecule has 0 radical (unpaired) electrons. The minimum atomic E-state index is 0.489. The van der Waals surface area contributed by atoms with Gasteiger partial charge in [0.1, 0.15) is 0 Å². The summed E-state index contributed by atoms with van der Waals surface area (Å²) in [6, 6.07) is 6.64. The van der Waals surface area contributed by atoms with E-state index in [9.17, 15) is 0 Å². The van der Waals surface area contributed by atoms with Gasteiger partial charge in [0.25, 0.3) is 0 Å². The predicted octanol–water partition coefficient (Wildman–Crippen LogP) is 1.98. The van der Waals surface area contributed by atoms with Crippen molar-refractivity contribution in [3.05, 3.63) is 28.8 Å². The van der Waals surface area contributed by atoms with Gasteiger partial charge in [-0.05, 0) is 45.6 Å². The monoisotopic (exact) mass is 406 g/mol. The lowest BCUT2D eigenvalue weighted by atomic mass is 10.1. The number of hydrogen-bond donors (Lipinski definition) is 1. The maximum atomic E-state index is 6.22. The Balaban J connectivity index is 1.61. The Hall–Kier alpha value is -1.50. The summed E-state index contributed by atoms with van der Waals surface area (Å²) in [4.78, 5) is 14.7. The maximum absolute atomic E-state index is 6.22. The number of anilines is 1. The molecule has 7 heteroatoms. The molecule has 28 heavy (non-hydrogen) atoms. The van der Waals surface area contributed by atoms with Gasteiger partial charge in [-0.2, -0.15) is 0 Å². The molecule has 0 aromatic heterocycles. The third kappa shape index (κ3) is 5.31. The third-order valence-corrected chi connectivity index (χ3v) is 6.09. The van der Waals surface area contributed by atoms with E-state index in [2.05, 4.69) is 65.0 Å². The highest BCUT2D eigenvalue weighted by Gasteiger charge is 2.24. The van der Waals surface area contributed by atoms with Crippen LogP contribution in [0.3, 0.4) is 0 Å². The van der Waals surface area contributed by atoms with Gasteiger partial charge < -0.3 is 20.0 Å². The van der Waals surface area contributed by atoms with Crippen LogP contribution >= 0.6 is 11.6 Å². The topological polar surface area (TPSA) is 37.4 Å². The van der Waals surface area contributed by atoms with Crippen LogP contribution in [-0.4, -0.2) is 99.7 Å². The van der Waals surface area contributed by atoms with Crippen molar-refractivity contribution in [1.29, 1.82) is 0 Å². The van der Waals surface area contributed by atoms with Crippen LogP contribution in [0.5, 0.6) is 0 Å². The van der Waals surface area contributed by atoms with Gasteiger partial charge in [0.15, 0.2) is 5.96 Å². The number of piperazine rings is 2. The number of aliphatic imine (C=N–C) groups is 1. The fourth-order valence-corrected chi connectivity index (χ4v) is 4.16. The third-order valence-electron chi connectivity index (χ3n) is 5.86. The molecular formula is C21H35ClN6. The molecule has 2 heterocycles. The second-order valence-electron chi connectivity index (χ2n) is 8.00. The molecule has 1 aromatic rings. The first-order valence-corrected chi connectivity index (χ1v) is 10.8. The van der Waals surface area contributed by atoms with Crippen LogP contribution < -0.4 is 10.2 Å². The van der Waals surface area contributed by atoms with E-state index in [1.54, 1.807) is 0 Å². The Morgan fingerprint density at radius 2 is 1.89 bits per heavy atom. The zero-order chi connectivity index (χ0) is 20.1. The molecule has 1 aromatic carbocycles. The van der Waals surface area contributed by atoms with Gasteiger partial charge in [-0.15, -0.1) is 0 Å². The number of nitrogens with zero attached hydrogens (tertiary/aromatic N) is 5. The minimum absolute atomic E-state index is 0.489. The number of aryl methyl sites for hydroxylation is 1. The van der Waals surface area contributed by atoms with Crippen LogP contribution in [0.25, 0.3) is 0 Å². The molecule has 1 atom stereocenters. The van der Waals surface area contributed by atoms with Crippen LogP contribution in [-0.2, 0) is 0 Å². The molecule has 0 amide bonds. The highest BCUT2D eigenvalue weighted by atomic mass is 35.5. The van der Waals surface area contributed by atoms with Gasteiger partial charge in [-0.3, -0.25) is 9.89 Å². The van der Waals surface area contributed by atoms with Crippen molar-refractivity contribution in [1.82, 2.24) is 20.0 Å². The van der Waals surface area contributed by atoms with Crippen LogP contribution in [0.1, 0.15) is 12.5 Å². The fraction of sp³-hybridized carbons (Fsp3) is 0.667. The Kier molecular flexibility index (Phi) is 7.43. The maximum Gasteiger partial charge on any atom is 0.194 e. The van der Waals surface area contributed by atoms with Crippen LogP contribution in [0.4, 0.5) is 5.69 Å². The molecule has 2 saturated heterocycles. The zero-order valence-corrected chi connectivity index (χ0v) is 18.5. The molecule has 0 aliphatic carbocycles. The Morgan fingerprint density at radius 3 is 2.61 bits per heavy atom. The van der Waals surface area contributed by atoms with Crippen LogP contribution in [0, 0.1) is 6.92 Å². The van der Waals surface area contributed by atoms with Crippen molar-refractivity contribution in [3.63, 3.8) is 0 Å². The van der Waals surface area contributed by atoms with Crippen molar-refractivity contribution < 1.29 is 0 Å². The number of benzene rings is 1. The number of guanidine groups is 1. The summed E-state index contributed by atoms with van der Waals surface area (Å²) in [7, 11) is 4.41. The molecule has 2 aliphatic heterocycles. The van der Waals surface area contributed by atoms with Crippen LogP contribution in [0.15, 0.2) is 23.2 Å². The van der Waals surface area contributed by atoms with Crippen molar-refractivity contribution in [3.8, 4) is 0 Å². The average Bonchev–Trinajstić information content (AvgIpc) is 2.69. The Labute approximate surface area is 175 Å². The lowest BCUT2D eigenvalue weighted by Gasteiger charge is -2.39. The first kappa shape index (κ1) is 21.2. The number of hydrogen-bond acceptors (Lipinski definition) is 4. The molecule has 0 saturated carbocycles. The van der Waals surface area contributed by atoms with Gasteiger partial charge in [0.2, 0.25) is 0 Å². The summed E-state index contributed by atoms with van der Waals surface area (Å²) in [5.74, 6) is 1.05. The average molecular weight is 407 g/mol. The van der Waals surface area contributed by atoms with E-state index in [1.807, 2.05) is 6.07 Å². The van der Waals surface area contributed by atoms with E-state index >= 15 is 0 Å². The highest BCUT2D eigenvalue weighted by molar-refractivity contribution is 6.30. The summed E-state index contributed by atoms with van der Waals surface area (Å²) < 4.78 is 0. The molecule has 2 aliphatic rings. The minimum Gasteiger partial charge on any atom is -0.368 e. The normalized spacial score (nSPS) is 22.6. The Morgan fingerprint density at radius 1 is 1.14 bits per heavy atom. The van der Waals surface area contributed by atoms with Crippen LogP contribution in [0.2, 0.25) is 5.02 Å². The van der Waals surface area contributed by atoms with E-state index in [4.69, 9.17) is 16.6 Å². The van der Waals surface area contributed by atoms with Gasteiger partial charge in [0.05, 0.1) is 6.54 Å². The quantitative estimate of drug-likeness (QED) is 0.611. The molecule has 0 spiro atoms. The van der Waals surface area contributed by atoms with E-state index < -0.39 is 0 Å². The smallest absolute Gasteiger partial charge is 0.194 e. The largest absolute Gasteiger partial charge is 0.368 e. The lowest BCUT2D eigenvalue weighted by molar-refractivity contribution is 0.119. The molecule has 1 N–H and O–H groups in total. The van der Waals surface area contributed by atoms with Crippen molar-refractivity contribution in [2.24, 2.45) is 4.99 Å². The first-order valence-electron chi connectivity index (χ1n) is 10.4. The SMILES string of the molecule is CCNC(=NCC1CN(C)CCN1C)N1CCN(c2cc(Cl)ccc2C)CC1. The molecule has 0 bridgehead atoms. The van der Waals surface area contributed by atoms with Crippen molar-refractivity contribution >= 4 is 23.2 Å². The first-order chi connectivity index (χ1) is 13.5. The molecule has 3 rings (SSSR count). The van der Waals surface area contributed by atoms with Gasteiger partial charge in [0, 0.05) is 69.1 Å². The zero-order valence-electron chi connectivity index (χ0n) is 17.8. The summed E-state index contributed by atoms with van der Waals surface area (Å²) in [6.07, 6.45) is 0. The molecule has 6 nitrogen and oxygen atoms in total. The van der Waals surface area contributed by atoms with Gasteiger partial charge in [-0.25, -0.2) is 0 Å². The summed E-state index contributed by atoms with van der Waals surface area (Å²) in [5.41, 5.74) is 2.53. The molecular weight excluding hydrogens is 372 g/mol. The number of likely N-dealkylation sites (N-methyl/N-ethyl adjacent to an activating group) is 2. The standard InChI is InChI=1S/C21H35ClN6/c1-5-23-21(24-15-19-16-25(3)8-9-26(19)4)28-12-10-27(11-13-28)20-14-18(22)7-6-17(20)2/h6-7,14,19H,5,8-13,15-16H2,1-4H3,(H,23,24). The number of nitrogens with one attached hydrogen (secondary N) is 1. The van der Waals surface area contributed by atoms with E-state index in [0.29, 0.717) is 6.04 Å². The predicted molar refractivity (Wildman–Crippen MR) is 120 cm³/mol. The Bertz CT molecular complexity index is 671. The summed E-state index contributed by atoms with van der Waals surface area (Å²) in [6.45, 7) is 13.3. The summed E-state index contributed by atoms with van der Waals surface area (Å²) in [5, 5.41) is 4.30.